The number of halogens is 1. The summed E-state index contributed by atoms with van der Waals surface area (Å²) in [6.45, 7) is 8.25. The number of hydrogen-bond donors (Lipinski definition) is 0. The van der Waals surface area contributed by atoms with Gasteiger partial charge in [-0.15, -0.1) is 0 Å². The molecule has 0 radical (unpaired) electrons. The van der Waals surface area contributed by atoms with E-state index in [9.17, 15) is 0 Å². The summed E-state index contributed by atoms with van der Waals surface area (Å²) in [5, 5.41) is 0.743. The van der Waals surface area contributed by atoms with E-state index in [1.54, 1.807) is 0 Å². The van der Waals surface area contributed by atoms with Gasteiger partial charge in [0.05, 0.1) is 11.2 Å². The second-order valence-corrected chi connectivity index (χ2v) is 7.16. The van der Waals surface area contributed by atoms with Crippen LogP contribution in [0.15, 0.2) is 48.5 Å². The van der Waals surface area contributed by atoms with Crippen LogP contribution in [0, 0.1) is 0 Å². The summed E-state index contributed by atoms with van der Waals surface area (Å²) in [5.74, 6) is 0. The van der Waals surface area contributed by atoms with E-state index >= 15 is 0 Å². The fourth-order valence-corrected chi connectivity index (χ4v) is 2.67. The quantitative estimate of drug-likeness (QED) is 0.769. The molecule has 4 heteroatoms. The van der Waals surface area contributed by atoms with E-state index in [2.05, 4.69) is 58.0 Å². The maximum Gasteiger partial charge on any atom is 0.494 e. The number of benzene rings is 2. The van der Waals surface area contributed by atoms with Gasteiger partial charge in [0, 0.05) is 5.02 Å². The van der Waals surface area contributed by atoms with Gasteiger partial charge in [-0.1, -0.05) is 48.0 Å². The van der Waals surface area contributed by atoms with Gasteiger partial charge in [-0.05, 0) is 56.4 Å². The average molecular weight is 315 g/mol. The van der Waals surface area contributed by atoms with Gasteiger partial charge in [0.25, 0.3) is 0 Å². The van der Waals surface area contributed by atoms with Crippen LogP contribution in [0.3, 0.4) is 0 Å². The minimum absolute atomic E-state index is 0.316. The van der Waals surface area contributed by atoms with E-state index in [0.29, 0.717) is 0 Å². The minimum atomic E-state index is -0.321. The molecule has 2 aromatic carbocycles. The van der Waals surface area contributed by atoms with Gasteiger partial charge in [0.1, 0.15) is 0 Å². The molecule has 0 bridgehead atoms. The first-order valence-electron chi connectivity index (χ1n) is 7.50. The molecule has 114 valence electrons. The van der Waals surface area contributed by atoms with Crippen LogP contribution in [0.2, 0.25) is 5.02 Å². The van der Waals surface area contributed by atoms with Crippen LogP contribution < -0.4 is 5.46 Å². The second kappa shape index (κ2) is 5.41. The molecule has 0 aliphatic carbocycles. The van der Waals surface area contributed by atoms with Crippen LogP contribution in [0.5, 0.6) is 0 Å². The topological polar surface area (TPSA) is 18.5 Å². The third-order valence-corrected chi connectivity index (χ3v) is 4.83. The van der Waals surface area contributed by atoms with Crippen molar-refractivity contribution in [1.29, 1.82) is 0 Å². The molecule has 22 heavy (non-hydrogen) atoms. The predicted molar refractivity (Wildman–Crippen MR) is 92.6 cm³/mol. The molecule has 0 N–H and O–H groups in total. The molecule has 0 saturated carbocycles. The summed E-state index contributed by atoms with van der Waals surface area (Å²) in [4.78, 5) is 0. The van der Waals surface area contributed by atoms with E-state index in [4.69, 9.17) is 20.9 Å². The lowest BCUT2D eigenvalue weighted by Crippen LogP contribution is -2.41. The van der Waals surface area contributed by atoms with Gasteiger partial charge in [-0.3, -0.25) is 0 Å². The van der Waals surface area contributed by atoms with Gasteiger partial charge in [0.15, 0.2) is 0 Å². The van der Waals surface area contributed by atoms with Crippen LogP contribution >= 0.6 is 11.6 Å². The lowest BCUT2D eigenvalue weighted by atomic mass is 9.78. The lowest BCUT2D eigenvalue weighted by molar-refractivity contribution is 0.00578. The molecular weight excluding hydrogens is 294 g/mol. The van der Waals surface area contributed by atoms with E-state index in [0.717, 1.165) is 21.6 Å². The van der Waals surface area contributed by atoms with Crippen molar-refractivity contribution in [2.24, 2.45) is 0 Å². The average Bonchev–Trinajstić information content (AvgIpc) is 2.68. The maximum atomic E-state index is 6.07. The molecule has 1 heterocycles. The van der Waals surface area contributed by atoms with Crippen LogP contribution in [-0.4, -0.2) is 18.3 Å². The molecule has 1 aliphatic heterocycles. The Morgan fingerprint density at radius 3 is 1.95 bits per heavy atom. The Bertz CT molecular complexity index is 664. The first-order valence-corrected chi connectivity index (χ1v) is 7.88. The van der Waals surface area contributed by atoms with Crippen LogP contribution in [0.1, 0.15) is 27.7 Å². The fourth-order valence-electron chi connectivity index (χ4n) is 2.48. The van der Waals surface area contributed by atoms with Crippen molar-refractivity contribution < 1.29 is 9.31 Å². The van der Waals surface area contributed by atoms with Crippen molar-refractivity contribution in [3.63, 3.8) is 0 Å². The molecule has 0 aromatic heterocycles. The Kier molecular flexibility index (Phi) is 3.84. The third-order valence-electron chi connectivity index (χ3n) is 4.59. The van der Waals surface area contributed by atoms with E-state index in [1.807, 2.05) is 18.2 Å². The molecule has 0 spiro atoms. The largest absolute Gasteiger partial charge is 0.494 e. The van der Waals surface area contributed by atoms with Crippen molar-refractivity contribution >= 4 is 24.2 Å². The van der Waals surface area contributed by atoms with Crippen molar-refractivity contribution in [2.45, 2.75) is 38.9 Å². The summed E-state index contributed by atoms with van der Waals surface area (Å²) < 4.78 is 12.1. The van der Waals surface area contributed by atoms with E-state index < -0.39 is 0 Å². The second-order valence-electron chi connectivity index (χ2n) is 6.72. The zero-order chi connectivity index (χ0) is 16.0. The van der Waals surface area contributed by atoms with Crippen LogP contribution in [0.4, 0.5) is 0 Å². The fraction of sp³-hybridized carbons (Fsp3) is 0.333. The highest BCUT2D eigenvalue weighted by atomic mass is 35.5. The Labute approximate surface area is 137 Å². The molecule has 0 unspecified atom stereocenters. The zero-order valence-corrected chi connectivity index (χ0v) is 14.1. The number of rotatable bonds is 2. The minimum Gasteiger partial charge on any atom is -0.399 e. The molecule has 1 fully saturated rings. The first kappa shape index (κ1) is 15.6. The highest BCUT2D eigenvalue weighted by molar-refractivity contribution is 6.62. The molecule has 3 rings (SSSR count). The highest BCUT2D eigenvalue weighted by Crippen LogP contribution is 2.36. The van der Waals surface area contributed by atoms with Crippen LogP contribution in [-0.2, 0) is 9.31 Å². The predicted octanol–water partition coefficient (Wildman–Crippen LogP) is 4.31. The summed E-state index contributed by atoms with van der Waals surface area (Å²) >= 11 is 6.05. The molecule has 0 atom stereocenters. The molecule has 0 amide bonds. The maximum absolute atomic E-state index is 6.07. The number of hydrogen-bond acceptors (Lipinski definition) is 2. The van der Waals surface area contributed by atoms with Crippen LogP contribution in [0.25, 0.3) is 11.1 Å². The summed E-state index contributed by atoms with van der Waals surface area (Å²) in [5.41, 5.74) is 2.63. The lowest BCUT2D eigenvalue weighted by Gasteiger charge is -2.32. The van der Waals surface area contributed by atoms with Crippen molar-refractivity contribution in [1.82, 2.24) is 0 Å². The smallest absolute Gasteiger partial charge is 0.399 e. The van der Waals surface area contributed by atoms with Gasteiger partial charge in [-0.2, -0.15) is 0 Å². The first-order chi connectivity index (χ1) is 10.3. The molecule has 1 aliphatic rings. The molecule has 1 saturated heterocycles. The Morgan fingerprint density at radius 2 is 1.41 bits per heavy atom. The van der Waals surface area contributed by atoms with E-state index in [1.165, 1.54) is 0 Å². The summed E-state index contributed by atoms with van der Waals surface area (Å²) in [7, 11) is -0.321. The normalized spacial score (nSPS) is 19.4. The van der Waals surface area contributed by atoms with Crippen molar-refractivity contribution in [3.8, 4) is 11.1 Å². The SMILES string of the molecule is CC1(C)OB(c2ccc(-c3cccc(Cl)c3)cc2)OC1(C)C. The molecule has 2 aromatic rings. The van der Waals surface area contributed by atoms with Gasteiger partial charge in [0.2, 0.25) is 0 Å². The highest BCUT2D eigenvalue weighted by Gasteiger charge is 2.51. The summed E-state index contributed by atoms with van der Waals surface area (Å²) in [6.07, 6.45) is 0. The van der Waals surface area contributed by atoms with Crippen molar-refractivity contribution in [3.05, 3.63) is 53.6 Å². The van der Waals surface area contributed by atoms with E-state index in [-0.39, 0.29) is 18.3 Å². The Balaban J connectivity index is 1.84. The Hall–Kier alpha value is -1.29. The molecular formula is C18H20BClO2. The molecule has 2 nitrogen and oxygen atoms in total. The zero-order valence-electron chi connectivity index (χ0n) is 13.4. The Morgan fingerprint density at radius 1 is 0.818 bits per heavy atom. The summed E-state index contributed by atoms with van der Waals surface area (Å²) in [6, 6.07) is 16.1. The monoisotopic (exact) mass is 314 g/mol. The van der Waals surface area contributed by atoms with Gasteiger partial charge in [-0.25, -0.2) is 0 Å². The third kappa shape index (κ3) is 2.81. The standard InChI is InChI=1S/C18H20BClO2/c1-17(2)18(3,4)22-19(21-17)15-10-8-13(9-11-15)14-6-5-7-16(20)12-14/h5-12H,1-4H3. The van der Waals surface area contributed by atoms with Crippen molar-refractivity contribution in [2.75, 3.05) is 0 Å². The van der Waals surface area contributed by atoms with Gasteiger partial charge >= 0.3 is 7.12 Å². The van der Waals surface area contributed by atoms with Gasteiger partial charge < -0.3 is 9.31 Å².